The molecule has 1 N–H and O–H groups in total. The lowest BCUT2D eigenvalue weighted by molar-refractivity contribution is -0.890. The number of piperidine rings is 1. The Morgan fingerprint density at radius 1 is 1.12 bits per heavy atom. The van der Waals surface area contributed by atoms with Gasteiger partial charge < -0.3 is 14.7 Å². The van der Waals surface area contributed by atoms with E-state index in [0.29, 0.717) is 12.0 Å². The number of carbonyl (C=O) groups excluding carboxylic acids is 2. The van der Waals surface area contributed by atoms with Crippen molar-refractivity contribution in [2.75, 3.05) is 40.3 Å². The van der Waals surface area contributed by atoms with Crippen molar-refractivity contribution in [3.8, 4) is 0 Å². The van der Waals surface area contributed by atoms with E-state index in [0.717, 1.165) is 49.9 Å². The Hall–Kier alpha value is -1.36. The van der Waals surface area contributed by atoms with E-state index >= 15 is 0 Å². The molecule has 0 radical (unpaired) electrons. The number of hydrogen-bond donors (Lipinski definition) is 1. The van der Waals surface area contributed by atoms with Gasteiger partial charge in [-0.25, -0.2) is 0 Å². The number of likely N-dealkylation sites (tertiary alicyclic amines) is 1. The normalized spacial score (nSPS) is 16.0. The van der Waals surface area contributed by atoms with Crippen LogP contribution in [0, 0.1) is 0 Å². The van der Waals surface area contributed by atoms with E-state index in [1.807, 2.05) is 18.7 Å². The van der Waals surface area contributed by atoms with Crippen molar-refractivity contribution in [2.45, 2.75) is 58.4 Å². The van der Waals surface area contributed by atoms with Crippen molar-refractivity contribution in [3.05, 3.63) is 12.2 Å². The van der Waals surface area contributed by atoms with Gasteiger partial charge in [-0.15, -0.1) is 0 Å². The molecule has 1 fully saturated rings. The third-order valence-corrected chi connectivity index (χ3v) is 4.82. The summed E-state index contributed by atoms with van der Waals surface area (Å²) in [5.41, 5.74) is 0.256. The number of nitrogens with one attached hydrogen (secondary N) is 1. The Balaban J connectivity index is 2.40. The van der Waals surface area contributed by atoms with Crippen LogP contribution in [-0.4, -0.2) is 67.0 Å². The second-order valence-electron chi connectivity index (χ2n) is 8.44. The first-order chi connectivity index (χ1) is 11.0. The third kappa shape index (κ3) is 7.47. The molecule has 1 saturated heterocycles. The molecule has 0 saturated carbocycles. The van der Waals surface area contributed by atoms with Crippen LogP contribution in [-0.2, 0) is 9.59 Å². The van der Waals surface area contributed by atoms with Gasteiger partial charge in [0.1, 0.15) is 0 Å². The molecule has 0 aromatic rings. The van der Waals surface area contributed by atoms with E-state index in [2.05, 4.69) is 26.0 Å². The highest BCUT2D eigenvalue weighted by atomic mass is 16.2. The van der Waals surface area contributed by atoms with Crippen LogP contribution >= 0.6 is 0 Å². The lowest BCUT2D eigenvalue weighted by Gasteiger charge is -2.35. The third-order valence-electron chi connectivity index (χ3n) is 4.82. The predicted molar refractivity (Wildman–Crippen MR) is 98.5 cm³/mol. The summed E-state index contributed by atoms with van der Waals surface area (Å²) in [7, 11) is 4.31. The minimum atomic E-state index is -0.275. The van der Waals surface area contributed by atoms with Crippen LogP contribution in [0.3, 0.4) is 0 Å². The maximum atomic E-state index is 12.3. The van der Waals surface area contributed by atoms with Gasteiger partial charge in [0.05, 0.1) is 33.6 Å². The number of hydrogen-bond acceptors (Lipinski definition) is 2. The quantitative estimate of drug-likeness (QED) is 0.545. The topological polar surface area (TPSA) is 49.4 Å². The van der Waals surface area contributed by atoms with Crippen molar-refractivity contribution < 1.29 is 14.1 Å². The molecular formula is C19H36N3O2+. The summed E-state index contributed by atoms with van der Waals surface area (Å²) in [5.74, 6) is 0.196. The van der Waals surface area contributed by atoms with E-state index in [1.165, 1.54) is 6.42 Å². The standard InChI is InChI=1S/C19H35N3O2/c1-16(2)18(24)20-19(3,4)11-15-22(5,6)14-10-17(23)21-12-8-7-9-13-21/h1,7-15H2,2-6H3/p+1. The smallest absolute Gasteiger partial charge is 0.246 e. The summed E-state index contributed by atoms with van der Waals surface area (Å²) in [4.78, 5) is 26.1. The molecule has 0 aromatic heterocycles. The number of quaternary nitrogens is 1. The second-order valence-corrected chi connectivity index (χ2v) is 8.44. The van der Waals surface area contributed by atoms with Gasteiger partial charge in [0.2, 0.25) is 11.8 Å². The zero-order chi connectivity index (χ0) is 18.4. The molecule has 5 heteroatoms. The first-order valence-corrected chi connectivity index (χ1v) is 9.10. The largest absolute Gasteiger partial charge is 0.347 e. The number of amides is 2. The fraction of sp³-hybridized carbons (Fsp3) is 0.789. The molecular weight excluding hydrogens is 302 g/mol. The number of rotatable bonds is 8. The van der Waals surface area contributed by atoms with Crippen molar-refractivity contribution in [1.29, 1.82) is 0 Å². The zero-order valence-corrected chi connectivity index (χ0v) is 16.3. The second kappa shape index (κ2) is 8.65. The molecule has 138 valence electrons. The van der Waals surface area contributed by atoms with Crippen LogP contribution in [0.4, 0.5) is 0 Å². The molecule has 1 heterocycles. The Kier molecular flexibility index (Phi) is 7.46. The highest BCUT2D eigenvalue weighted by Crippen LogP contribution is 2.15. The Bertz CT molecular complexity index is 463. The van der Waals surface area contributed by atoms with Gasteiger partial charge in [0.15, 0.2) is 0 Å². The fourth-order valence-corrected chi connectivity index (χ4v) is 2.87. The van der Waals surface area contributed by atoms with Gasteiger partial charge in [0.25, 0.3) is 0 Å². The van der Waals surface area contributed by atoms with E-state index < -0.39 is 0 Å². The molecule has 1 aliphatic rings. The lowest BCUT2D eigenvalue weighted by atomic mass is 9.99. The zero-order valence-electron chi connectivity index (χ0n) is 16.3. The average molecular weight is 339 g/mol. The molecule has 1 rings (SSSR count). The Morgan fingerprint density at radius 2 is 1.71 bits per heavy atom. The van der Waals surface area contributed by atoms with Crippen LogP contribution in [0.2, 0.25) is 0 Å². The van der Waals surface area contributed by atoms with Gasteiger partial charge >= 0.3 is 0 Å². The lowest BCUT2D eigenvalue weighted by Crippen LogP contribution is -2.50. The van der Waals surface area contributed by atoms with Crippen molar-refractivity contribution in [2.24, 2.45) is 0 Å². The van der Waals surface area contributed by atoms with E-state index in [9.17, 15) is 9.59 Å². The minimum Gasteiger partial charge on any atom is -0.347 e. The van der Waals surface area contributed by atoms with Gasteiger partial charge in [-0.1, -0.05) is 6.58 Å². The molecule has 0 unspecified atom stereocenters. The summed E-state index contributed by atoms with van der Waals surface area (Å²) in [5, 5.41) is 3.02. The summed E-state index contributed by atoms with van der Waals surface area (Å²) >= 11 is 0. The Morgan fingerprint density at radius 3 is 2.25 bits per heavy atom. The van der Waals surface area contributed by atoms with Gasteiger partial charge in [-0.3, -0.25) is 9.59 Å². The molecule has 2 amide bonds. The SMILES string of the molecule is C=C(C)C(=O)NC(C)(C)CC[N+](C)(C)CCC(=O)N1CCCCC1. The molecule has 24 heavy (non-hydrogen) atoms. The van der Waals surface area contributed by atoms with Crippen LogP contribution < -0.4 is 5.32 Å². The van der Waals surface area contributed by atoms with Crippen LogP contribution in [0.15, 0.2) is 12.2 Å². The minimum absolute atomic E-state index is 0.0921. The Labute approximate surface area is 147 Å². The molecule has 0 bridgehead atoms. The van der Waals surface area contributed by atoms with Gasteiger partial charge in [0, 0.05) is 30.6 Å². The summed E-state index contributed by atoms with van der Waals surface area (Å²) < 4.78 is 0.784. The van der Waals surface area contributed by atoms with Gasteiger partial charge in [-0.2, -0.15) is 0 Å². The van der Waals surface area contributed by atoms with Crippen LogP contribution in [0.1, 0.15) is 52.9 Å². The van der Waals surface area contributed by atoms with Crippen molar-refractivity contribution >= 4 is 11.8 Å². The first kappa shape index (κ1) is 20.7. The highest BCUT2D eigenvalue weighted by Gasteiger charge is 2.27. The molecule has 0 aromatic carbocycles. The van der Waals surface area contributed by atoms with Crippen LogP contribution in [0.5, 0.6) is 0 Å². The summed E-state index contributed by atoms with van der Waals surface area (Å²) in [6, 6.07) is 0. The average Bonchev–Trinajstić information content (AvgIpc) is 2.51. The van der Waals surface area contributed by atoms with Crippen molar-refractivity contribution in [1.82, 2.24) is 10.2 Å². The monoisotopic (exact) mass is 338 g/mol. The molecule has 5 nitrogen and oxygen atoms in total. The summed E-state index contributed by atoms with van der Waals surface area (Å²) in [6.07, 6.45) is 4.99. The number of carbonyl (C=O) groups is 2. The molecule has 0 aliphatic carbocycles. The molecule has 1 aliphatic heterocycles. The maximum absolute atomic E-state index is 12.3. The van der Waals surface area contributed by atoms with Crippen LogP contribution in [0.25, 0.3) is 0 Å². The van der Waals surface area contributed by atoms with E-state index in [4.69, 9.17) is 0 Å². The predicted octanol–water partition coefficient (Wildman–Crippen LogP) is 2.33. The van der Waals surface area contributed by atoms with E-state index in [-0.39, 0.29) is 17.4 Å². The maximum Gasteiger partial charge on any atom is 0.246 e. The van der Waals surface area contributed by atoms with E-state index in [1.54, 1.807) is 6.92 Å². The fourth-order valence-electron chi connectivity index (χ4n) is 2.87. The summed E-state index contributed by atoms with van der Waals surface area (Å²) in [6.45, 7) is 13.1. The van der Waals surface area contributed by atoms with Gasteiger partial charge in [-0.05, 0) is 40.0 Å². The van der Waals surface area contributed by atoms with Crippen molar-refractivity contribution in [3.63, 3.8) is 0 Å². The molecule has 0 spiro atoms. The first-order valence-electron chi connectivity index (χ1n) is 9.10. The molecule has 0 atom stereocenters. The highest BCUT2D eigenvalue weighted by molar-refractivity contribution is 5.92. The number of nitrogens with zero attached hydrogens (tertiary/aromatic N) is 2.